The molecule has 1 aliphatic heterocycles. The summed E-state index contributed by atoms with van der Waals surface area (Å²) in [5, 5.41) is 0.796. The standard InChI is InChI=1S/C11H15ClN2/c1-14-6-10(11(13)7-14)8-3-2-4-9(12)5-8/h2-5,10-11H,6-7,13H2,1H3/t10-,11+/m1/s1. The summed E-state index contributed by atoms with van der Waals surface area (Å²) in [4.78, 5) is 2.26. The van der Waals surface area contributed by atoms with E-state index in [0.29, 0.717) is 5.92 Å². The second-order valence-corrected chi connectivity index (χ2v) is 4.48. The van der Waals surface area contributed by atoms with Gasteiger partial charge in [0.05, 0.1) is 0 Å². The maximum absolute atomic E-state index is 6.07. The third kappa shape index (κ3) is 1.92. The molecule has 0 aromatic heterocycles. The average Bonchev–Trinajstić information content (AvgIpc) is 2.45. The molecule has 3 heteroatoms. The Kier molecular flexibility index (Phi) is 2.77. The molecular formula is C11H15ClN2. The molecule has 0 aliphatic carbocycles. The van der Waals surface area contributed by atoms with Crippen molar-refractivity contribution in [2.75, 3.05) is 20.1 Å². The predicted molar refractivity (Wildman–Crippen MR) is 59.7 cm³/mol. The number of hydrogen-bond donors (Lipinski definition) is 1. The Bertz CT molecular complexity index is 327. The topological polar surface area (TPSA) is 29.3 Å². The molecule has 0 bridgehead atoms. The predicted octanol–water partition coefficient (Wildman–Crippen LogP) is 1.70. The second kappa shape index (κ2) is 3.89. The van der Waals surface area contributed by atoms with Crippen molar-refractivity contribution in [3.05, 3.63) is 34.9 Å². The summed E-state index contributed by atoms with van der Waals surface area (Å²) in [6.07, 6.45) is 0. The molecule has 14 heavy (non-hydrogen) atoms. The van der Waals surface area contributed by atoms with E-state index in [1.807, 2.05) is 18.2 Å². The van der Waals surface area contributed by atoms with Crippen molar-refractivity contribution < 1.29 is 0 Å². The van der Waals surface area contributed by atoms with Gasteiger partial charge in [0.2, 0.25) is 0 Å². The van der Waals surface area contributed by atoms with Crippen LogP contribution in [0.15, 0.2) is 24.3 Å². The van der Waals surface area contributed by atoms with Crippen molar-refractivity contribution in [1.82, 2.24) is 4.90 Å². The van der Waals surface area contributed by atoms with Gasteiger partial charge >= 0.3 is 0 Å². The molecule has 1 aromatic rings. The zero-order chi connectivity index (χ0) is 10.1. The van der Waals surface area contributed by atoms with E-state index in [2.05, 4.69) is 18.0 Å². The second-order valence-electron chi connectivity index (χ2n) is 4.05. The van der Waals surface area contributed by atoms with E-state index in [1.54, 1.807) is 0 Å². The molecule has 2 nitrogen and oxygen atoms in total. The Labute approximate surface area is 89.7 Å². The molecule has 0 spiro atoms. The zero-order valence-electron chi connectivity index (χ0n) is 8.28. The van der Waals surface area contributed by atoms with Crippen LogP contribution in [0.1, 0.15) is 11.5 Å². The number of likely N-dealkylation sites (tertiary alicyclic amines) is 1. The molecule has 0 saturated carbocycles. The first-order valence-electron chi connectivity index (χ1n) is 4.86. The summed E-state index contributed by atoms with van der Waals surface area (Å²) >= 11 is 5.95. The molecule has 2 atom stereocenters. The van der Waals surface area contributed by atoms with Crippen LogP contribution in [0.3, 0.4) is 0 Å². The molecule has 1 aliphatic rings. The average molecular weight is 211 g/mol. The summed E-state index contributed by atoms with van der Waals surface area (Å²) < 4.78 is 0. The first-order chi connectivity index (χ1) is 6.66. The molecule has 1 heterocycles. The molecule has 1 aromatic carbocycles. The van der Waals surface area contributed by atoms with Crippen molar-refractivity contribution in [3.63, 3.8) is 0 Å². The van der Waals surface area contributed by atoms with E-state index in [4.69, 9.17) is 17.3 Å². The van der Waals surface area contributed by atoms with Crippen LogP contribution in [0, 0.1) is 0 Å². The van der Waals surface area contributed by atoms with Gasteiger partial charge in [-0.3, -0.25) is 0 Å². The van der Waals surface area contributed by atoms with Gasteiger partial charge < -0.3 is 10.6 Å². The van der Waals surface area contributed by atoms with Gasteiger partial charge in [-0.05, 0) is 24.7 Å². The highest BCUT2D eigenvalue weighted by atomic mass is 35.5. The zero-order valence-corrected chi connectivity index (χ0v) is 9.04. The van der Waals surface area contributed by atoms with Gasteiger partial charge in [0, 0.05) is 30.1 Å². The van der Waals surface area contributed by atoms with Crippen molar-refractivity contribution in [2.24, 2.45) is 5.73 Å². The van der Waals surface area contributed by atoms with E-state index in [0.717, 1.165) is 18.1 Å². The monoisotopic (exact) mass is 210 g/mol. The molecule has 1 saturated heterocycles. The van der Waals surface area contributed by atoms with Gasteiger partial charge in [0.15, 0.2) is 0 Å². The van der Waals surface area contributed by atoms with Crippen LogP contribution in [0.2, 0.25) is 5.02 Å². The van der Waals surface area contributed by atoms with Crippen LogP contribution in [0.4, 0.5) is 0 Å². The SMILES string of the molecule is CN1C[C@H](c2cccc(Cl)c2)[C@@H](N)C1. The number of nitrogens with zero attached hydrogens (tertiary/aromatic N) is 1. The van der Waals surface area contributed by atoms with Crippen molar-refractivity contribution in [2.45, 2.75) is 12.0 Å². The smallest absolute Gasteiger partial charge is 0.0408 e. The largest absolute Gasteiger partial charge is 0.326 e. The Morgan fingerprint density at radius 2 is 2.21 bits per heavy atom. The van der Waals surface area contributed by atoms with Gasteiger partial charge in [0.1, 0.15) is 0 Å². The highest BCUT2D eigenvalue weighted by Crippen LogP contribution is 2.27. The molecular weight excluding hydrogens is 196 g/mol. The molecule has 2 N–H and O–H groups in total. The minimum Gasteiger partial charge on any atom is -0.326 e. The third-order valence-electron chi connectivity index (χ3n) is 2.82. The van der Waals surface area contributed by atoms with E-state index in [1.165, 1.54) is 5.56 Å². The van der Waals surface area contributed by atoms with Gasteiger partial charge in [-0.1, -0.05) is 23.7 Å². The normalized spacial score (nSPS) is 28.2. The number of likely N-dealkylation sites (N-methyl/N-ethyl adjacent to an activating group) is 1. The summed E-state index contributed by atoms with van der Waals surface area (Å²) in [6, 6.07) is 8.25. The van der Waals surface area contributed by atoms with Gasteiger partial charge in [0.25, 0.3) is 0 Å². The molecule has 0 amide bonds. The molecule has 1 fully saturated rings. The highest BCUT2D eigenvalue weighted by molar-refractivity contribution is 6.30. The van der Waals surface area contributed by atoms with E-state index < -0.39 is 0 Å². The van der Waals surface area contributed by atoms with Crippen LogP contribution in [0.25, 0.3) is 0 Å². The van der Waals surface area contributed by atoms with Crippen molar-refractivity contribution in [1.29, 1.82) is 0 Å². The van der Waals surface area contributed by atoms with Crippen LogP contribution >= 0.6 is 11.6 Å². The fraction of sp³-hybridized carbons (Fsp3) is 0.455. The number of benzene rings is 1. The van der Waals surface area contributed by atoms with Crippen LogP contribution in [-0.2, 0) is 0 Å². The summed E-state index contributed by atoms with van der Waals surface area (Å²) in [5.41, 5.74) is 7.33. The van der Waals surface area contributed by atoms with Crippen LogP contribution < -0.4 is 5.73 Å². The summed E-state index contributed by atoms with van der Waals surface area (Å²) in [5.74, 6) is 0.429. The Morgan fingerprint density at radius 3 is 2.79 bits per heavy atom. The Morgan fingerprint density at radius 1 is 1.43 bits per heavy atom. The molecule has 0 unspecified atom stereocenters. The van der Waals surface area contributed by atoms with Gasteiger partial charge in [-0.2, -0.15) is 0 Å². The maximum atomic E-state index is 6.07. The van der Waals surface area contributed by atoms with E-state index >= 15 is 0 Å². The Balaban J connectivity index is 2.23. The lowest BCUT2D eigenvalue weighted by atomic mass is 9.95. The molecule has 2 rings (SSSR count). The van der Waals surface area contributed by atoms with Gasteiger partial charge in [-0.25, -0.2) is 0 Å². The fourth-order valence-electron chi connectivity index (χ4n) is 2.12. The maximum Gasteiger partial charge on any atom is 0.0408 e. The highest BCUT2D eigenvalue weighted by Gasteiger charge is 2.28. The van der Waals surface area contributed by atoms with Crippen LogP contribution in [0.5, 0.6) is 0 Å². The first-order valence-corrected chi connectivity index (χ1v) is 5.24. The first kappa shape index (κ1) is 9.97. The molecule has 76 valence electrons. The number of nitrogens with two attached hydrogens (primary N) is 1. The lowest BCUT2D eigenvalue weighted by Gasteiger charge is -2.14. The van der Waals surface area contributed by atoms with E-state index in [-0.39, 0.29) is 6.04 Å². The summed E-state index contributed by atoms with van der Waals surface area (Å²) in [7, 11) is 2.10. The Hall–Kier alpha value is -0.570. The lowest BCUT2D eigenvalue weighted by Crippen LogP contribution is -2.27. The van der Waals surface area contributed by atoms with Crippen LogP contribution in [-0.4, -0.2) is 31.1 Å². The third-order valence-corrected chi connectivity index (χ3v) is 3.06. The van der Waals surface area contributed by atoms with E-state index in [9.17, 15) is 0 Å². The number of hydrogen-bond acceptors (Lipinski definition) is 2. The summed E-state index contributed by atoms with van der Waals surface area (Å²) in [6.45, 7) is 2.00. The fourth-order valence-corrected chi connectivity index (χ4v) is 2.32. The van der Waals surface area contributed by atoms with Gasteiger partial charge in [-0.15, -0.1) is 0 Å². The van der Waals surface area contributed by atoms with Crippen molar-refractivity contribution in [3.8, 4) is 0 Å². The quantitative estimate of drug-likeness (QED) is 0.765. The lowest BCUT2D eigenvalue weighted by molar-refractivity contribution is 0.407. The number of rotatable bonds is 1. The minimum atomic E-state index is 0.235. The molecule has 0 radical (unpaired) electrons. The van der Waals surface area contributed by atoms with Crippen molar-refractivity contribution >= 4 is 11.6 Å². The minimum absolute atomic E-state index is 0.235. The number of halogens is 1.